The van der Waals surface area contributed by atoms with Gasteiger partial charge >= 0.3 is 29.6 Å². The van der Waals surface area contributed by atoms with Gasteiger partial charge in [0.1, 0.15) is 22.2 Å². The van der Waals surface area contributed by atoms with Crippen molar-refractivity contribution in [2.24, 2.45) is 0 Å². The van der Waals surface area contributed by atoms with Crippen molar-refractivity contribution < 1.29 is 49.7 Å². The van der Waals surface area contributed by atoms with Gasteiger partial charge in [0.05, 0.1) is 16.4 Å². The number of hydrogen-bond acceptors (Lipinski definition) is 6. The van der Waals surface area contributed by atoms with Gasteiger partial charge in [-0.3, -0.25) is 0 Å². The number of aromatic carboxylic acids is 1. The molecular formula is C16H10NNaO4S. The van der Waals surface area contributed by atoms with E-state index in [4.69, 9.17) is 0 Å². The first-order valence-corrected chi connectivity index (χ1v) is 7.18. The quantitative estimate of drug-likeness (QED) is 0.615. The molecule has 0 aliphatic heterocycles. The number of carboxylic acids is 1. The van der Waals surface area contributed by atoms with Crippen molar-refractivity contribution in [3.63, 3.8) is 0 Å². The maximum absolute atomic E-state index is 11.3. The molecule has 5 nitrogen and oxygen atoms in total. The Labute approximate surface area is 158 Å². The molecular weight excluding hydrogens is 325 g/mol. The Kier molecular flexibility index (Phi) is 5.43. The fourth-order valence-corrected chi connectivity index (χ4v) is 3.15. The minimum atomic E-state index is -1.38. The van der Waals surface area contributed by atoms with Crippen LogP contribution in [0.5, 0.6) is 11.5 Å². The van der Waals surface area contributed by atoms with Crippen LogP contribution >= 0.6 is 11.3 Å². The number of phenols is 2. The van der Waals surface area contributed by atoms with Gasteiger partial charge in [0, 0.05) is 6.07 Å². The molecule has 0 fully saturated rings. The smallest absolute Gasteiger partial charge is 0.543 e. The Bertz CT molecular complexity index is 849. The third kappa shape index (κ3) is 3.56. The molecule has 3 aromatic rings. The standard InChI is InChI=1S/C16H11NO4S.Na/c18-10-6-7-11(12(19)8-10)15-17-13(16(20)21)14(22-15)9-4-2-1-3-5-9;/h1-8,18-19H,(H,20,21);/q;+1/p-1. The molecule has 0 saturated heterocycles. The van der Waals surface area contributed by atoms with Crippen molar-refractivity contribution >= 4 is 17.3 Å². The molecule has 110 valence electrons. The summed E-state index contributed by atoms with van der Waals surface area (Å²) in [6.07, 6.45) is 0. The summed E-state index contributed by atoms with van der Waals surface area (Å²) in [5.74, 6) is -1.63. The van der Waals surface area contributed by atoms with E-state index in [1.54, 1.807) is 24.3 Å². The molecule has 0 bridgehead atoms. The Morgan fingerprint density at radius 3 is 2.39 bits per heavy atom. The van der Waals surface area contributed by atoms with E-state index < -0.39 is 5.97 Å². The summed E-state index contributed by atoms with van der Waals surface area (Å²) in [5, 5.41) is 30.9. The van der Waals surface area contributed by atoms with Gasteiger partial charge in [-0.05, 0) is 17.7 Å². The summed E-state index contributed by atoms with van der Waals surface area (Å²) in [5.41, 5.74) is 0.898. The average Bonchev–Trinajstić information content (AvgIpc) is 2.93. The number of nitrogens with zero attached hydrogens (tertiary/aromatic N) is 1. The van der Waals surface area contributed by atoms with Gasteiger partial charge in [0.15, 0.2) is 0 Å². The van der Waals surface area contributed by atoms with Gasteiger partial charge < -0.3 is 20.1 Å². The Morgan fingerprint density at radius 2 is 1.78 bits per heavy atom. The van der Waals surface area contributed by atoms with Gasteiger partial charge in [-0.1, -0.05) is 30.3 Å². The normalized spacial score (nSPS) is 10.1. The van der Waals surface area contributed by atoms with Crippen molar-refractivity contribution in [2.45, 2.75) is 0 Å². The molecule has 0 atom stereocenters. The first-order chi connectivity index (χ1) is 10.6. The molecule has 0 amide bonds. The topological polar surface area (TPSA) is 93.5 Å². The van der Waals surface area contributed by atoms with E-state index in [1.165, 1.54) is 18.2 Å². The largest absolute Gasteiger partial charge is 1.00 e. The zero-order valence-corrected chi connectivity index (χ0v) is 15.0. The second kappa shape index (κ2) is 7.14. The van der Waals surface area contributed by atoms with Crippen LogP contribution in [0.3, 0.4) is 0 Å². The van der Waals surface area contributed by atoms with Gasteiger partial charge in [0.25, 0.3) is 0 Å². The van der Waals surface area contributed by atoms with E-state index in [0.29, 0.717) is 21.0 Å². The predicted molar refractivity (Wildman–Crippen MR) is 80.6 cm³/mol. The number of carbonyl (C=O) groups is 1. The monoisotopic (exact) mass is 335 g/mol. The number of phenolic OH excluding ortho intramolecular Hbond substituents is 2. The summed E-state index contributed by atoms with van der Waals surface area (Å²) in [7, 11) is 0. The SMILES string of the molecule is O=C([O-])c1nc(-c2ccc(O)cc2O)sc1-c1ccccc1.[Na+]. The fourth-order valence-electron chi connectivity index (χ4n) is 2.06. The minimum absolute atomic E-state index is 0. The molecule has 0 spiro atoms. The molecule has 7 heteroatoms. The second-order valence-corrected chi connectivity index (χ2v) is 5.55. The molecule has 2 N–H and O–H groups in total. The molecule has 1 heterocycles. The summed E-state index contributed by atoms with van der Waals surface area (Å²) in [6, 6.07) is 13.0. The van der Waals surface area contributed by atoms with Crippen LogP contribution in [-0.4, -0.2) is 21.2 Å². The molecule has 0 aliphatic carbocycles. The maximum atomic E-state index is 11.3. The summed E-state index contributed by atoms with van der Waals surface area (Å²) in [4.78, 5) is 15.8. The summed E-state index contributed by atoms with van der Waals surface area (Å²) < 4.78 is 0. The van der Waals surface area contributed by atoms with Crippen molar-refractivity contribution in [2.75, 3.05) is 0 Å². The number of carboxylic acid groups (broad SMARTS) is 1. The zero-order chi connectivity index (χ0) is 15.7. The van der Waals surface area contributed by atoms with Crippen LogP contribution in [0.1, 0.15) is 10.5 Å². The number of rotatable bonds is 3. The molecule has 0 saturated carbocycles. The van der Waals surface area contributed by atoms with Crippen LogP contribution in [0.15, 0.2) is 48.5 Å². The van der Waals surface area contributed by atoms with Crippen molar-refractivity contribution in [1.29, 1.82) is 0 Å². The minimum Gasteiger partial charge on any atom is -0.543 e. The number of carbonyl (C=O) groups excluding carboxylic acids is 1. The van der Waals surface area contributed by atoms with E-state index in [0.717, 1.165) is 11.3 Å². The average molecular weight is 335 g/mol. The van der Waals surface area contributed by atoms with E-state index in [-0.39, 0.29) is 46.8 Å². The van der Waals surface area contributed by atoms with E-state index >= 15 is 0 Å². The Morgan fingerprint density at radius 1 is 1.09 bits per heavy atom. The third-order valence-electron chi connectivity index (χ3n) is 3.07. The van der Waals surface area contributed by atoms with Gasteiger partial charge in [-0.15, -0.1) is 11.3 Å². The van der Waals surface area contributed by atoms with Crippen molar-refractivity contribution in [1.82, 2.24) is 4.98 Å². The molecule has 1 aromatic heterocycles. The van der Waals surface area contributed by atoms with Crippen LogP contribution in [0.2, 0.25) is 0 Å². The number of thiazole rings is 1. The van der Waals surface area contributed by atoms with E-state index in [9.17, 15) is 20.1 Å². The number of hydrogen-bond donors (Lipinski definition) is 2. The zero-order valence-electron chi connectivity index (χ0n) is 12.2. The Balaban J connectivity index is 0.00000192. The first kappa shape index (κ1) is 17.5. The van der Waals surface area contributed by atoms with Crippen LogP contribution < -0.4 is 34.7 Å². The predicted octanol–water partition coefficient (Wildman–Crippen LogP) is -0.744. The van der Waals surface area contributed by atoms with Crippen molar-refractivity contribution in [3.05, 3.63) is 54.2 Å². The van der Waals surface area contributed by atoms with Gasteiger partial charge in [-0.25, -0.2) is 4.98 Å². The fraction of sp³-hybridized carbons (Fsp3) is 0. The number of aromatic nitrogens is 1. The van der Waals surface area contributed by atoms with Crippen LogP contribution in [0, 0.1) is 0 Å². The molecule has 0 unspecified atom stereocenters. The van der Waals surface area contributed by atoms with E-state index in [1.807, 2.05) is 6.07 Å². The number of benzene rings is 2. The second-order valence-electron chi connectivity index (χ2n) is 4.55. The molecule has 23 heavy (non-hydrogen) atoms. The van der Waals surface area contributed by atoms with Crippen LogP contribution in [-0.2, 0) is 0 Å². The summed E-state index contributed by atoms with van der Waals surface area (Å²) in [6.45, 7) is 0. The van der Waals surface area contributed by atoms with Crippen LogP contribution in [0.25, 0.3) is 21.0 Å². The van der Waals surface area contributed by atoms with Crippen LogP contribution in [0.4, 0.5) is 0 Å². The Hall–Kier alpha value is -1.86. The van der Waals surface area contributed by atoms with E-state index in [2.05, 4.69) is 4.98 Å². The number of aromatic hydroxyl groups is 2. The summed E-state index contributed by atoms with van der Waals surface area (Å²) >= 11 is 1.14. The van der Waals surface area contributed by atoms with Gasteiger partial charge in [0.2, 0.25) is 0 Å². The van der Waals surface area contributed by atoms with Gasteiger partial charge in [-0.2, -0.15) is 0 Å². The third-order valence-corrected chi connectivity index (χ3v) is 4.21. The first-order valence-electron chi connectivity index (χ1n) is 6.36. The molecule has 2 aromatic carbocycles. The van der Waals surface area contributed by atoms with Crippen molar-refractivity contribution in [3.8, 4) is 32.5 Å². The maximum Gasteiger partial charge on any atom is 1.00 e. The molecule has 0 radical (unpaired) electrons. The molecule has 0 aliphatic rings. The molecule has 3 rings (SSSR count).